The minimum Gasteiger partial charge on any atom is -0.357 e. The number of hydrogen-bond donors (Lipinski definition) is 2. The molecule has 2 N–H and O–H groups in total. The van der Waals surface area contributed by atoms with Crippen LogP contribution in [0.2, 0.25) is 0 Å². The summed E-state index contributed by atoms with van der Waals surface area (Å²) in [5, 5.41) is 6.24. The highest BCUT2D eigenvalue weighted by Crippen LogP contribution is 2.15. The van der Waals surface area contributed by atoms with E-state index in [-0.39, 0.29) is 29.9 Å². The van der Waals surface area contributed by atoms with Gasteiger partial charge in [-0.2, -0.15) is 13.2 Å². The number of halogens is 4. The van der Waals surface area contributed by atoms with E-state index in [0.717, 1.165) is 25.9 Å². The van der Waals surface area contributed by atoms with Crippen LogP contribution in [-0.2, 0) is 4.79 Å². The van der Waals surface area contributed by atoms with Crippen LogP contribution < -0.4 is 10.6 Å². The summed E-state index contributed by atoms with van der Waals surface area (Å²) in [5.74, 6) is 0.880. The van der Waals surface area contributed by atoms with Crippen molar-refractivity contribution in [3.63, 3.8) is 0 Å². The lowest BCUT2D eigenvalue weighted by molar-refractivity contribution is -0.143. The topological polar surface area (TPSA) is 60.0 Å². The van der Waals surface area contributed by atoms with Gasteiger partial charge in [0.2, 0.25) is 5.91 Å². The Morgan fingerprint density at radius 3 is 2.62 bits per heavy atom. The zero-order chi connectivity index (χ0) is 18.7. The number of nitrogens with zero attached hydrogens (tertiary/aromatic N) is 3. The molecule has 6 nitrogen and oxygen atoms in total. The van der Waals surface area contributed by atoms with Crippen molar-refractivity contribution in [2.45, 2.75) is 38.8 Å². The molecule has 154 valence electrons. The third kappa shape index (κ3) is 11.8. The average Bonchev–Trinajstić information content (AvgIpc) is 2.91. The first-order valence-electron chi connectivity index (χ1n) is 8.87. The molecule has 10 heteroatoms. The largest absolute Gasteiger partial charge is 0.401 e. The van der Waals surface area contributed by atoms with E-state index in [1.165, 1.54) is 11.9 Å². The second-order valence-electron chi connectivity index (χ2n) is 6.23. The highest BCUT2D eigenvalue weighted by atomic mass is 127. The zero-order valence-corrected chi connectivity index (χ0v) is 17.9. The Balaban J connectivity index is 0.00000625. The Hall–Kier alpha value is -0.780. The molecule has 26 heavy (non-hydrogen) atoms. The van der Waals surface area contributed by atoms with E-state index in [9.17, 15) is 18.0 Å². The molecule has 0 atom stereocenters. The van der Waals surface area contributed by atoms with E-state index in [4.69, 9.17) is 0 Å². The monoisotopic (exact) mass is 493 g/mol. The van der Waals surface area contributed by atoms with Crippen molar-refractivity contribution >= 4 is 35.8 Å². The van der Waals surface area contributed by atoms with Gasteiger partial charge in [0.1, 0.15) is 0 Å². The van der Waals surface area contributed by atoms with Crippen molar-refractivity contribution in [3.8, 4) is 0 Å². The fourth-order valence-electron chi connectivity index (χ4n) is 2.68. The Kier molecular flexibility index (Phi) is 13.0. The fourth-order valence-corrected chi connectivity index (χ4v) is 2.68. The summed E-state index contributed by atoms with van der Waals surface area (Å²) < 4.78 is 36.7. The van der Waals surface area contributed by atoms with Crippen LogP contribution in [0.3, 0.4) is 0 Å². The average molecular weight is 493 g/mol. The number of amides is 1. The zero-order valence-electron chi connectivity index (χ0n) is 15.6. The van der Waals surface area contributed by atoms with Gasteiger partial charge in [-0.15, -0.1) is 24.0 Å². The first-order chi connectivity index (χ1) is 11.8. The lowest BCUT2D eigenvalue weighted by Gasteiger charge is -2.19. The molecule has 1 saturated heterocycles. The lowest BCUT2D eigenvalue weighted by Crippen LogP contribution is -2.39. The second kappa shape index (κ2) is 13.4. The van der Waals surface area contributed by atoms with Gasteiger partial charge in [0, 0.05) is 39.1 Å². The number of likely N-dealkylation sites (tertiary alicyclic amines) is 1. The van der Waals surface area contributed by atoms with Crippen molar-refractivity contribution in [1.29, 1.82) is 0 Å². The molecule has 0 saturated carbocycles. The Morgan fingerprint density at radius 2 is 2.04 bits per heavy atom. The molecule has 1 heterocycles. The van der Waals surface area contributed by atoms with Crippen LogP contribution >= 0.6 is 24.0 Å². The van der Waals surface area contributed by atoms with Crippen LogP contribution in [-0.4, -0.2) is 80.7 Å². The van der Waals surface area contributed by atoms with E-state index in [2.05, 4.69) is 15.6 Å². The summed E-state index contributed by atoms with van der Waals surface area (Å²) >= 11 is 0. The Morgan fingerprint density at radius 1 is 1.31 bits per heavy atom. The summed E-state index contributed by atoms with van der Waals surface area (Å²) in [6.45, 7) is 4.86. The molecular weight excluding hydrogens is 462 g/mol. The lowest BCUT2D eigenvalue weighted by atomic mass is 10.4. The number of hydrogen-bond acceptors (Lipinski definition) is 3. The maximum Gasteiger partial charge on any atom is 0.401 e. The molecule has 1 aliphatic rings. The maximum atomic E-state index is 12.2. The predicted molar refractivity (Wildman–Crippen MR) is 108 cm³/mol. The first-order valence-corrected chi connectivity index (χ1v) is 8.87. The van der Waals surface area contributed by atoms with Gasteiger partial charge >= 0.3 is 6.18 Å². The van der Waals surface area contributed by atoms with Gasteiger partial charge in [0.05, 0.1) is 6.54 Å². The number of guanidine groups is 1. The molecule has 1 rings (SSSR count). The minimum absolute atomic E-state index is 0. The molecule has 0 bridgehead atoms. The summed E-state index contributed by atoms with van der Waals surface area (Å²) in [7, 11) is 1.46. The molecular formula is C16H31F3IN5O. The Bertz CT molecular complexity index is 435. The van der Waals surface area contributed by atoms with Crippen molar-refractivity contribution in [3.05, 3.63) is 0 Å². The highest BCUT2D eigenvalue weighted by molar-refractivity contribution is 14.0. The predicted octanol–water partition coefficient (Wildman–Crippen LogP) is 2.06. The van der Waals surface area contributed by atoms with Gasteiger partial charge in [-0.3, -0.25) is 14.7 Å². The number of alkyl halides is 3. The number of nitrogens with one attached hydrogen (secondary N) is 2. The smallest absolute Gasteiger partial charge is 0.357 e. The summed E-state index contributed by atoms with van der Waals surface area (Å²) in [6.07, 6.45) is -1.17. The third-order valence-electron chi connectivity index (χ3n) is 3.83. The molecule has 1 amide bonds. The standard InChI is InChI=1S/C16H30F3N5O.HI/c1-3-20-15(21-8-5-10-23(2)13-16(17,18)19)22-9-6-12-24-11-4-7-14(24)25;/h3-13H2,1-2H3,(H2,20,21,22);1H. The van der Waals surface area contributed by atoms with E-state index < -0.39 is 12.7 Å². The summed E-state index contributed by atoms with van der Waals surface area (Å²) in [6, 6.07) is 0. The van der Waals surface area contributed by atoms with Gasteiger partial charge in [-0.1, -0.05) is 0 Å². The van der Waals surface area contributed by atoms with Crippen LogP contribution in [0.4, 0.5) is 13.2 Å². The third-order valence-corrected chi connectivity index (χ3v) is 3.83. The van der Waals surface area contributed by atoms with Crippen LogP contribution in [0.25, 0.3) is 0 Å². The molecule has 0 spiro atoms. The van der Waals surface area contributed by atoms with Gasteiger partial charge in [0.15, 0.2) is 5.96 Å². The molecule has 0 radical (unpaired) electrons. The SMILES string of the molecule is CCNC(=NCCCN1CCCC1=O)NCCCN(C)CC(F)(F)F.I. The fraction of sp³-hybridized carbons (Fsp3) is 0.875. The molecule has 0 aromatic rings. The van der Waals surface area contributed by atoms with Crippen LogP contribution in [0.15, 0.2) is 4.99 Å². The number of carbonyl (C=O) groups is 1. The normalized spacial score (nSPS) is 15.4. The molecule has 0 aliphatic carbocycles. The number of carbonyl (C=O) groups excluding carboxylic acids is 1. The quantitative estimate of drug-likeness (QED) is 0.212. The van der Waals surface area contributed by atoms with Crippen LogP contribution in [0, 0.1) is 0 Å². The first kappa shape index (κ1) is 25.2. The van der Waals surface area contributed by atoms with Crippen molar-refractivity contribution in [2.75, 3.05) is 52.9 Å². The molecule has 1 fully saturated rings. The van der Waals surface area contributed by atoms with Gasteiger partial charge in [-0.05, 0) is 39.8 Å². The summed E-state index contributed by atoms with van der Waals surface area (Å²) in [5.41, 5.74) is 0. The van der Waals surface area contributed by atoms with Gasteiger partial charge in [0.25, 0.3) is 0 Å². The van der Waals surface area contributed by atoms with E-state index in [0.29, 0.717) is 45.0 Å². The van der Waals surface area contributed by atoms with Gasteiger partial charge < -0.3 is 15.5 Å². The molecule has 1 aliphatic heterocycles. The van der Waals surface area contributed by atoms with E-state index >= 15 is 0 Å². The van der Waals surface area contributed by atoms with Crippen molar-refractivity contribution in [1.82, 2.24) is 20.4 Å². The van der Waals surface area contributed by atoms with E-state index in [1.807, 2.05) is 11.8 Å². The Labute approximate surface area is 171 Å². The maximum absolute atomic E-state index is 12.2. The van der Waals surface area contributed by atoms with Crippen molar-refractivity contribution < 1.29 is 18.0 Å². The number of rotatable bonds is 10. The van der Waals surface area contributed by atoms with Gasteiger partial charge in [-0.25, -0.2) is 0 Å². The molecule has 0 unspecified atom stereocenters. The highest BCUT2D eigenvalue weighted by Gasteiger charge is 2.28. The van der Waals surface area contributed by atoms with Crippen molar-refractivity contribution in [2.24, 2.45) is 4.99 Å². The number of aliphatic imine (C=N–C) groups is 1. The molecule has 0 aromatic heterocycles. The second-order valence-corrected chi connectivity index (χ2v) is 6.23. The molecule has 0 aromatic carbocycles. The minimum atomic E-state index is -4.16. The van der Waals surface area contributed by atoms with Crippen LogP contribution in [0.5, 0.6) is 0 Å². The summed E-state index contributed by atoms with van der Waals surface area (Å²) in [4.78, 5) is 19.1. The van der Waals surface area contributed by atoms with E-state index in [1.54, 1.807) is 0 Å². The van der Waals surface area contributed by atoms with Crippen LogP contribution in [0.1, 0.15) is 32.6 Å².